The SMILES string of the molecule is CC/C=C/C/C=C/C/C=C/C/C=C/CCCC(CC(=O)NC(CO)C(O)CCCCCCCCCCCCCC)OC(=O)CCCCCCCCC/C=C/CCCCCCCC. The van der Waals surface area contributed by atoms with Gasteiger partial charge in [-0.1, -0.05) is 223 Å². The van der Waals surface area contributed by atoms with Gasteiger partial charge >= 0.3 is 5.97 Å². The fraction of sp³-hybridized carbons (Fsp3) is 0.786. The average molecular weight is 868 g/mol. The molecule has 0 rings (SSSR count). The fourth-order valence-corrected chi connectivity index (χ4v) is 7.83. The normalized spacial score (nSPS) is 13.7. The largest absolute Gasteiger partial charge is 0.462 e. The van der Waals surface area contributed by atoms with Crippen molar-refractivity contribution < 1.29 is 24.5 Å². The second-order valence-corrected chi connectivity index (χ2v) is 17.9. The van der Waals surface area contributed by atoms with Gasteiger partial charge in [-0.05, 0) is 83.5 Å². The number of hydrogen-bond donors (Lipinski definition) is 3. The van der Waals surface area contributed by atoms with E-state index in [9.17, 15) is 19.8 Å². The highest BCUT2D eigenvalue weighted by atomic mass is 16.5. The molecule has 0 aliphatic rings. The number of hydrogen-bond acceptors (Lipinski definition) is 5. The molecule has 0 aromatic rings. The summed E-state index contributed by atoms with van der Waals surface area (Å²) >= 11 is 0. The molecule has 0 radical (unpaired) electrons. The molecule has 1 amide bonds. The number of allylic oxidation sites excluding steroid dienone is 10. The van der Waals surface area contributed by atoms with Gasteiger partial charge in [0.15, 0.2) is 0 Å². The number of esters is 1. The lowest BCUT2D eigenvalue weighted by molar-refractivity contribution is -0.151. The number of unbranched alkanes of at least 4 members (excludes halogenated alkanes) is 25. The minimum atomic E-state index is -0.803. The molecule has 0 aliphatic heterocycles. The van der Waals surface area contributed by atoms with Crippen molar-refractivity contribution >= 4 is 11.9 Å². The Morgan fingerprint density at radius 2 is 0.887 bits per heavy atom. The molecule has 3 atom stereocenters. The number of carbonyl (C=O) groups is 2. The van der Waals surface area contributed by atoms with E-state index < -0.39 is 18.2 Å². The zero-order valence-corrected chi connectivity index (χ0v) is 41.0. The van der Waals surface area contributed by atoms with Crippen LogP contribution < -0.4 is 5.32 Å². The molecule has 0 fully saturated rings. The van der Waals surface area contributed by atoms with Crippen molar-refractivity contribution in [2.75, 3.05) is 6.61 Å². The summed E-state index contributed by atoms with van der Waals surface area (Å²) in [6.45, 7) is 6.35. The van der Waals surface area contributed by atoms with Crippen molar-refractivity contribution in [1.29, 1.82) is 0 Å². The summed E-state index contributed by atoms with van der Waals surface area (Å²) in [6, 6.07) is -0.720. The van der Waals surface area contributed by atoms with Crippen molar-refractivity contribution in [3.05, 3.63) is 60.8 Å². The van der Waals surface area contributed by atoms with Crippen molar-refractivity contribution in [3.8, 4) is 0 Å². The minimum Gasteiger partial charge on any atom is -0.462 e. The van der Waals surface area contributed by atoms with Crippen LogP contribution in [0.15, 0.2) is 60.8 Å². The highest BCUT2D eigenvalue weighted by Gasteiger charge is 2.24. The van der Waals surface area contributed by atoms with Crippen LogP contribution >= 0.6 is 0 Å². The second-order valence-electron chi connectivity index (χ2n) is 17.9. The van der Waals surface area contributed by atoms with Gasteiger partial charge in [-0.3, -0.25) is 9.59 Å². The highest BCUT2D eigenvalue weighted by Crippen LogP contribution is 2.17. The molecule has 360 valence electrons. The Morgan fingerprint density at radius 1 is 0.484 bits per heavy atom. The van der Waals surface area contributed by atoms with Gasteiger partial charge in [-0.15, -0.1) is 0 Å². The van der Waals surface area contributed by atoms with E-state index in [4.69, 9.17) is 4.74 Å². The van der Waals surface area contributed by atoms with Crippen LogP contribution in [0.4, 0.5) is 0 Å². The number of aliphatic hydroxyl groups excluding tert-OH is 2. The third kappa shape index (κ3) is 44.2. The molecule has 0 aliphatic carbocycles. The summed E-state index contributed by atoms with van der Waals surface area (Å²) in [6.07, 6.45) is 61.4. The summed E-state index contributed by atoms with van der Waals surface area (Å²) in [5, 5.41) is 23.7. The molecule has 0 aromatic heterocycles. The summed E-state index contributed by atoms with van der Waals surface area (Å²) in [5.41, 5.74) is 0. The fourth-order valence-electron chi connectivity index (χ4n) is 7.83. The Balaban J connectivity index is 4.64. The van der Waals surface area contributed by atoms with Crippen LogP contribution in [-0.4, -0.2) is 46.9 Å². The molecule has 62 heavy (non-hydrogen) atoms. The van der Waals surface area contributed by atoms with Crippen molar-refractivity contribution in [3.63, 3.8) is 0 Å². The lowest BCUT2D eigenvalue weighted by atomic mass is 10.0. The highest BCUT2D eigenvalue weighted by molar-refractivity contribution is 5.77. The average Bonchev–Trinajstić information content (AvgIpc) is 3.26. The Morgan fingerprint density at radius 3 is 1.37 bits per heavy atom. The molecule has 3 N–H and O–H groups in total. The van der Waals surface area contributed by atoms with Gasteiger partial charge in [0.05, 0.1) is 25.2 Å². The lowest BCUT2D eigenvalue weighted by Crippen LogP contribution is -2.46. The molecule has 6 nitrogen and oxygen atoms in total. The van der Waals surface area contributed by atoms with Gasteiger partial charge in [-0.25, -0.2) is 0 Å². The molecule has 0 saturated heterocycles. The zero-order valence-electron chi connectivity index (χ0n) is 41.0. The number of rotatable bonds is 47. The van der Waals surface area contributed by atoms with Gasteiger partial charge in [0.1, 0.15) is 6.10 Å². The molecular formula is C56H101NO5. The first-order chi connectivity index (χ1) is 30.5. The minimum absolute atomic E-state index is 0.0377. The first kappa shape index (κ1) is 59.6. The quantitative estimate of drug-likeness (QED) is 0.0322. The maximum absolute atomic E-state index is 13.2. The van der Waals surface area contributed by atoms with Gasteiger partial charge < -0.3 is 20.3 Å². The summed E-state index contributed by atoms with van der Waals surface area (Å²) in [4.78, 5) is 26.2. The molecular weight excluding hydrogens is 767 g/mol. The van der Waals surface area contributed by atoms with Gasteiger partial charge in [-0.2, -0.15) is 0 Å². The van der Waals surface area contributed by atoms with E-state index in [0.29, 0.717) is 19.3 Å². The standard InChI is InChI=1S/C56H101NO5/c1-4-7-10-13-16-19-22-25-27-28-29-31-34-37-40-43-46-49-56(61)62-52(47-44-41-38-35-32-30-26-23-20-17-14-11-8-5-2)50-55(60)57-53(51-58)54(59)48-45-42-39-36-33-24-21-18-15-12-9-6-3/h8,11,17,20,25-27,30,35,38,52-54,58-59H,4-7,9-10,12-16,18-19,21-24,28-29,31-34,36-37,39-51H2,1-3H3,(H,57,60)/b11-8+,20-17+,27-25+,30-26+,38-35+. The predicted molar refractivity (Wildman–Crippen MR) is 268 cm³/mol. The van der Waals surface area contributed by atoms with Crippen molar-refractivity contribution in [2.24, 2.45) is 0 Å². The third-order valence-electron chi connectivity index (χ3n) is 11.8. The summed E-state index contributed by atoms with van der Waals surface area (Å²) < 4.78 is 5.91. The van der Waals surface area contributed by atoms with Crippen LogP contribution in [0.2, 0.25) is 0 Å². The molecule has 0 spiro atoms. The topological polar surface area (TPSA) is 95.9 Å². The number of aliphatic hydroxyl groups is 2. The van der Waals surface area contributed by atoms with Crippen molar-refractivity contribution in [2.45, 2.75) is 277 Å². The van der Waals surface area contributed by atoms with E-state index in [-0.39, 0.29) is 24.9 Å². The van der Waals surface area contributed by atoms with Gasteiger partial charge in [0.25, 0.3) is 0 Å². The Hall–Kier alpha value is -2.44. The zero-order chi connectivity index (χ0) is 45.2. The molecule has 0 heterocycles. The molecule has 0 saturated carbocycles. The lowest BCUT2D eigenvalue weighted by Gasteiger charge is -2.24. The van der Waals surface area contributed by atoms with Crippen LogP contribution in [0.3, 0.4) is 0 Å². The van der Waals surface area contributed by atoms with Crippen LogP contribution in [0.5, 0.6) is 0 Å². The Bertz CT molecular complexity index is 1110. The number of amides is 1. The van der Waals surface area contributed by atoms with E-state index in [1.165, 1.54) is 135 Å². The van der Waals surface area contributed by atoms with Crippen LogP contribution in [0, 0.1) is 0 Å². The van der Waals surface area contributed by atoms with Crippen molar-refractivity contribution in [1.82, 2.24) is 5.32 Å². The Labute approximate surface area is 384 Å². The van der Waals surface area contributed by atoms with E-state index in [1.807, 2.05) is 0 Å². The smallest absolute Gasteiger partial charge is 0.306 e. The molecule has 6 heteroatoms. The first-order valence-electron chi connectivity index (χ1n) is 26.5. The first-order valence-corrected chi connectivity index (χ1v) is 26.5. The predicted octanol–water partition coefficient (Wildman–Crippen LogP) is 16.0. The monoisotopic (exact) mass is 868 g/mol. The Kier molecular flexibility index (Phi) is 47.6. The van der Waals surface area contributed by atoms with Crippen LogP contribution in [-0.2, 0) is 14.3 Å². The second kappa shape index (κ2) is 49.6. The molecule has 0 aromatic carbocycles. The van der Waals surface area contributed by atoms with E-state index >= 15 is 0 Å². The maximum Gasteiger partial charge on any atom is 0.306 e. The number of ether oxygens (including phenoxy) is 1. The third-order valence-corrected chi connectivity index (χ3v) is 11.8. The molecule has 3 unspecified atom stereocenters. The summed E-state index contributed by atoms with van der Waals surface area (Å²) in [5.74, 6) is -0.530. The van der Waals surface area contributed by atoms with E-state index in [0.717, 1.165) is 77.0 Å². The van der Waals surface area contributed by atoms with E-state index in [2.05, 4.69) is 86.8 Å². The summed E-state index contributed by atoms with van der Waals surface area (Å²) in [7, 11) is 0. The van der Waals surface area contributed by atoms with E-state index in [1.54, 1.807) is 0 Å². The van der Waals surface area contributed by atoms with Gasteiger partial charge in [0.2, 0.25) is 5.91 Å². The number of nitrogens with one attached hydrogen (secondary N) is 1. The number of carbonyl (C=O) groups excluding carboxylic acids is 2. The van der Waals surface area contributed by atoms with Crippen LogP contribution in [0.1, 0.15) is 258 Å². The maximum atomic E-state index is 13.2. The van der Waals surface area contributed by atoms with Gasteiger partial charge in [0, 0.05) is 6.42 Å². The molecule has 0 bridgehead atoms. The van der Waals surface area contributed by atoms with Crippen LogP contribution in [0.25, 0.3) is 0 Å².